The number of carbonyl (C=O) groups excluding carboxylic acids is 1. The Balaban J connectivity index is 2.10. The minimum Gasteiger partial charge on any atom is -0.378 e. The van der Waals surface area contributed by atoms with Gasteiger partial charge in [-0.2, -0.15) is 5.10 Å². The minimum atomic E-state index is 0.0157. The van der Waals surface area contributed by atoms with Crippen LogP contribution in [-0.4, -0.2) is 22.1 Å². The zero-order chi connectivity index (χ0) is 13.8. The van der Waals surface area contributed by atoms with Gasteiger partial charge in [-0.3, -0.25) is 9.48 Å². The Bertz CT molecular complexity index is 563. The van der Waals surface area contributed by atoms with Crippen LogP contribution in [0.1, 0.15) is 30.4 Å². The summed E-state index contributed by atoms with van der Waals surface area (Å²) in [7, 11) is 0. The summed E-state index contributed by atoms with van der Waals surface area (Å²) in [6.07, 6.45) is 1.66. The quantitative estimate of drug-likeness (QED) is 0.857. The van der Waals surface area contributed by atoms with E-state index in [1.807, 2.05) is 44.2 Å². The highest BCUT2D eigenvalue weighted by atomic mass is 79.9. The number of halogens is 1. The maximum atomic E-state index is 12.3. The molecule has 0 saturated carbocycles. The molecule has 0 aliphatic heterocycles. The van der Waals surface area contributed by atoms with E-state index in [4.69, 9.17) is 0 Å². The van der Waals surface area contributed by atoms with Crippen LogP contribution in [0.4, 0.5) is 5.69 Å². The number of hydrogen-bond acceptors (Lipinski definition) is 3. The van der Waals surface area contributed by atoms with E-state index in [-0.39, 0.29) is 18.4 Å². The molecule has 19 heavy (non-hydrogen) atoms. The third-order valence-corrected chi connectivity index (χ3v) is 3.31. The monoisotopic (exact) mass is 321 g/mol. The van der Waals surface area contributed by atoms with Crippen molar-refractivity contribution in [3.63, 3.8) is 0 Å². The third kappa shape index (κ3) is 3.23. The lowest BCUT2D eigenvalue weighted by Gasteiger charge is -2.11. The Hall–Kier alpha value is -1.62. The number of Topliss-reactive ketones (excluding diaryl/α,β-unsaturated/α-hetero) is 1. The van der Waals surface area contributed by atoms with Crippen molar-refractivity contribution in [3.05, 3.63) is 46.7 Å². The molecule has 0 unspecified atom stereocenters. The molecule has 2 rings (SSSR count). The molecule has 0 spiro atoms. The summed E-state index contributed by atoms with van der Waals surface area (Å²) in [5.41, 5.74) is 1.54. The number of ketones is 1. The summed E-state index contributed by atoms with van der Waals surface area (Å²) in [6.45, 7) is 4.25. The van der Waals surface area contributed by atoms with Gasteiger partial charge in [0.1, 0.15) is 5.69 Å². The van der Waals surface area contributed by atoms with Gasteiger partial charge in [0.25, 0.3) is 0 Å². The average Bonchev–Trinajstić information content (AvgIpc) is 2.79. The van der Waals surface area contributed by atoms with Crippen molar-refractivity contribution in [2.45, 2.75) is 19.9 Å². The second-order valence-corrected chi connectivity index (χ2v) is 5.38. The first-order valence-corrected chi connectivity index (χ1v) is 6.94. The summed E-state index contributed by atoms with van der Waals surface area (Å²) in [5.74, 6) is 0.0157. The molecule has 5 heteroatoms. The number of nitrogens with zero attached hydrogens (tertiary/aromatic N) is 2. The van der Waals surface area contributed by atoms with E-state index < -0.39 is 0 Å². The first-order valence-electron chi connectivity index (χ1n) is 6.14. The predicted molar refractivity (Wildman–Crippen MR) is 79.6 cm³/mol. The van der Waals surface area contributed by atoms with Crippen LogP contribution in [0.15, 0.2) is 41.0 Å². The Morgan fingerprint density at radius 2 is 2.05 bits per heavy atom. The number of aromatic nitrogens is 2. The van der Waals surface area contributed by atoms with Crippen molar-refractivity contribution >= 4 is 27.4 Å². The molecule has 0 bridgehead atoms. The van der Waals surface area contributed by atoms with Gasteiger partial charge in [0.05, 0.1) is 17.2 Å². The van der Waals surface area contributed by atoms with Crippen LogP contribution in [0.25, 0.3) is 0 Å². The van der Waals surface area contributed by atoms with Crippen LogP contribution in [-0.2, 0) is 0 Å². The van der Waals surface area contributed by atoms with Gasteiger partial charge in [-0.1, -0.05) is 18.2 Å². The first kappa shape index (κ1) is 13.8. The standard InChI is InChI=1S/C14H16BrN3O/c1-10(2)18-14(12(15)8-17-18)13(19)9-16-11-6-4-3-5-7-11/h3-8,10,16H,9H2,1-2H3. The number of para-hydroxylation sites is 1. The van der Waals surface area contributed by atoms with Crippen molar-refractivity contribution in [2.24, 2.45) is 0 Å². The molecule has 2 aromatic rings. The fraction of sp³-hybridized carbons (Fsp3) is 0.286. The molecule has 0 aliphatic rings. The van der Waals surface area contributed by atoms with Gasteiger partial charge in [-0.05, 0) is 41.9 Å². The van der Waals surface area contributed by atoms with Gasteiger partial charge in [0.15, 0.2) is 0 Å². The number of benzene rings is 1. The molecule has 0 fully saturated rings. The van der Waals surface area contributed by atoms with Gasteiger partial charge in [-0.15, -0.1) is 0 Å². The van der Waals surface area contributed by atoms with Gasteiger partial charge in [0, 0.05) is 11.7 Å². The van der Waals surface area contributed by atoms with Crippen molar-refractivity contribution in [1.29, 1.82) is 0 Å². The average molecular weight is 322 g/mol. The lowest BCUT2D eigenvalue weighted by molar-refractivity contribution is 0.0993. The Morgan fingerprint density at radius 1 is 1.37 bits per heavy atom. The molecule has 4 nitrogen and oxygen atoms in total. The molecule has 1 aromatic carbocycles. The van der Waals surface area contributed by atoms with Gasteiger partial charge in [0.2, 0.25) is 5.78 Å². The molecule has 0 atom stereocenters. The van der Waals surface area contributed by atoms with Crippen LogP contribution in [0.2, 0.25) is 0 Å². The second-order valence-electron chi connectivity index (χ2n) is 4.52. The second kappa shape index (κ2) is 6.02. The number of hydrogen-bond donors (Lipinski definition) is 1. The van der Waals surface area contributed by atoms with Gasteiger partial charge in [-0.25, -0.2) is 0 Å². The minimum absolute atomic E-state index is 0.0157. The maximum Gasteiger partial charge on any atom is 0.200 e. The van der Waals surface area contributed by atoms with Gasteiger partial charge >= 0.3 is 0 Å². The molecule has 0 saturated heterocycles. The first-order chi connectivity index (χ1) is 9.09. The summed E-state index contributed by atoms with van der Waals surface area (Å²) < 4.78 is 2.47. The molecular weight excluding hydrogens is 306 g/mol. The van der Waals surface area contributed by atoms with E-state index in [1.54, 1.807) is 10.9 Å². The fourth-order valence-corrected chi connectivity index (χ4v) is 2.31. The number of carbonyl (C=O) groups is 1. The Morgan fingerprint density at radius 3 is 2.68 bits per heavy atom. The van der Waals surface area contributed by atoms with Crippen LogP contribution >= 0.6 is 15.9 Å². The predicted octanol–water partition coefficient (Wildman–Crippen LogP) is 3.52. The SMILES string of the molecule is CC(C)n1ncc(Br)c1C(=O)CNc1ccccc1. The van der Waals surface area contributed by atoms with Crippen LogP contribution in [0.5, 0.6) is 0 Å². The maximum absolute atomic E-state index is 12.3. The van der Waals surface area contributed by atoms with Gasteiger partial charge < -0.3 is 5.32 Å². The van der Waals surface area contributed by atoms with E-state index in [9.17, 15) is 4.79 Å². The summed E-state index contributed by atoms with van der Waals surface area (Å²) in [6, 6.07) is 9.82. The van der Waals surface area contributed by atoms with Crippen molar-refractivity contribution in [3.8, 4) is 0 Å². The number of rotatable bonds is 5. The summed E-state index contributed by atoms with van der Waals surface area (Å²) in [5, 5.41) is 7.33. The molecule has 0 amide bonds. The lowest BCUT2D eigenvalue weighted by atomic mass is 10.2. The summed E-state index contributed by atoms with van der Waals surface area (Å²) in [4.78, 5) is 12.3. The molecular formula is C14H16BrN3O. The van der Waals surface area contributed by atoms with Crippen molar-refractivity contribution in [2.75, 3.05) is 11.9 Å². The summed E-state index contributed by atoms with van der Waals surface area (Å²) >= 11 is 3.38. The zero-order valence-electron chi connectivity index (χ0n) is 10.9. The van der Waals surface area contributed by atoms with E-state index in [0.717, 1.165) is 10.2 Å². The van der Waals surface area contributed by atoms with E-state index in [0.29, 0.717) is 5.69 Å². The highest BCUT2D eigenvalue weighted by Crippen LogP contribution is 2.20. The molecule has 1 heterocycles. The molecule has 0 radical (unpaired) electrons. The van der Waals surface area contributed by atoms with Crippen LogP contribution < -0.4 is 5.32 Å². The molecule has 1 aromatic heterocycles. The van der Waals surface area contributed by atoms with Crippen molar-refractivity contribution < 1.29 is 4.79 Å². The topological polar surface area (TPSA) is 46.9 Å². The molecule has 1 N–H and O–H groups in total. The molecule has 0 aliphatic carbocycles. The fourth-order valence-electron chi connectivity index (χ4n) is 1.82. The Labute approximate surface area is 120 Å². The third-order valence-electron chi connectivity index (χ3n) is 2.73. The lowest BCUT2D eigenvalue weighted by Crippen LogP contribution is -2.20. The zero-order valence-corrected chi connectivity index (χ0v) is 12.5. The van der Waals surface area contributed by atoms with E-state index >= 15 is 0 Å². The largest absolute Gasteiger partial charge is 0.378 e. The Kier molecular flexibility index (Phi) is 4.37. The van der Waals surface area contributed by atoms with Crippen molar-refractivity contribution in [1.82, 2.24) is 9.78 Å². The number of nitrogens with one attached hydrogen (secondary N) is 1. The highest BCUT2D eigenvalue weighted by Gasteiger charge is 2.18. The van der Waals surface area contributed by atoms with Crippen LogP contribution in [0.3, 0.4) is 0 Å². The normalized spacial score (nSPS) is 10.7. The van der Waals surface area contributed by atoms with E-state index in [1.165, 1.54) is 0 Å². The van der Waals surface area contributed by atoms with Crippen LogP contribution in [0, 0.1) is 0 Å². The highest BCUT2D eigenvalue weighted by molar-refractivity contribution is 9.10. The molecule has 100 valence electrons. The smallest absolute Gasteiger partial charge is 0.200 e. The number of anilines is 1. The van der Waals surface area contributed by atoms with E-state index in [2.05, 4.69) is 26.3 Å².